The van der Waals surface area contributed by atoms with Gasteiger partial charge in [0.2, 0.25) is 5.91 Å². The summed E-state index contributed by atoms with van der Waals surface area (Å²) in [6, 6.07) is 10.6. The molecule has 0 spiro atoms. The van der Waals surface area contributed by atoms with Crippen molar-refractivity contribution in [3.63, 3.8) is 0 Å². The number of nitrogens with one attached hydrogen (secondary N) is 1. The van der Waals surface area contributed by atoms with Gasteiger partial charge in [-0.25, -0.2) is 4.79 Å². The zero-order valence-corrected chi connectivity index (χ0v) is 28.7. The summed E-state index contributed by atoms with van der Waals surface area (Å²) in [6.07, 6.45) is 4.73. The van der Waals surface area contributed by atoms with Gasteiger partial charge in [0.25, 0.3) is 0 Å². The molecule has 6 rings (SSSR count). The molecule has 2 heterocycles. The Morgan fingerprint density at radius 2 is 1.91 bits per heavy atom. The second kappa shape index (κ2) is 12.9. The summed E-state index contributed by atoms with van der Waals surface area (Å²) in [4.78, 5) is 28.5. The van der Waals surface area contributed by atoms with Crippen molar-refractivity contribution in [2.45, 2.75) is 112 Å². The van der Waals surface area contributed by atoms with Crippen LogP contribution in [0.15, 0.2) is 24.3 Å². The Bertz CT molecular complexity index is 1270. The fourth-order valence-electron chi connectivity index (χ4n) is 8.76. The van der Waals surface area contributed by atoms with E-state index in [0.717, 1.165) is 31.2 Å². The molecule has 2 bridgehead atoms. The van der Waals surface area contributed by atoms with Gasteiger partial charge in [-0.3, -0.25) is 4.79 Å². The molecule has 246 valence electrons. The van der Waals surface area contributed by atoms with E-state index in [1.165, 1.54) is 12.0 Å². The van der Waals surface area contributed by atoms with Crippen LogP contribution in [0.3, 0.4) is 0 Å². The molecule has 1 aromatic carbocycles. The van der Waals surface area contributed by atoms with E-state index in [2.05, 4.69) is 84.1 Å². The van der Waals surface area contributed by atoms with E-state index in [4.69, 9.17) is 14.0 Å². The first-order valence-corrected chi connectivity index (χ1v) is 17.1. The molecule has 2 aliphatic heterocycles. The molecule has 1 N–H and O–H groups in total. The zero-order valence-electron chi connectivity index (χ0n) is 28.7. The van der Waals surface area contributed by atoms with Gasteiger partial charge in [0.1, 0.15) is 5.92 Å². The van der Waals surface area contributed by atoms with Gasteiger partial charge >= 0.3 is 13.2 Å². The highest BCUT2D eigenvalue weighted by atomic mass is 16.7. The van der Waals surface area contributed by atoms with E-state index >= 15 is 0 Å². The molecule has 0 radical (unpaired) electrons. The number of hydrogen-bond donors (Lipinski definition) is 1. The summed E-state index contributed by atoms with van der Waals surface area (Å²) in [5, 5.41) is 13.0. The fraction of sp³-hybridized carbons (Fsp3) is 0.750. The average Bonchev–Trinajstić information content (AvgIpc) is 3.33. The third kappa shape index (κ3) is 7.23. The van der Waals surface area contributed by atoms with Gasteiger partial charge in [-0.05, 0) is 86.5 Å². The number of benzene rings is 1. The van der Waals surface area contributed by atoms with Crippen LogP contribution < -0.4 is 5.32 Å². The molecule has 2 unspecified atom stereocenters. The van der Waals surface area contributed by atoms with Gasteiger partial charge in [-0.15, -0.1) is 0 Å². The second-order valence-corrected chi connectivity index (χ2v) is 16.5. The smallest absolute Gasteiger partial charge is 0.449 e. The molecule has 2 amide bonds. The highest BCUT2D eigenvalue weighted by Crippen LogP contribution is 2.65. The molecule has 8 nitrogen and oxygen atoms in total. The Morgan fingerprint density at radius 3 is 2.56 bits per heavy atom. The summed E-state index contributed by atoms with van der Waals surface area (Å²) in [5.41, 5.74) is 2.18. The number of carbonyl (C=O) groups excluding carboxylic acids is 2. The van der Waals surface area contributed by atoms with Crippen LogP contribution in [-0.2, 0) is 25.3 Å². The molecule has 1 aromatic rings. The molecule has 45 heavy (non-hydrogen) atoms. The molecule has 9 heteroatoms. The van der Waals surface area contributed by atoms with Crippen LogP contribution in [-0.4, -0.2) is 61.4 Å². The summed E-state index contributed by atoms with van der Waals surface area (Å²) < 4.78 is 19.1. The third-order valence-electron chi connectivity index (χ3n) is 11.4. The lowest BCUT2D eigenvalue weighted by atomic mass is 9.43. The number of nitriles is 1. The quantitative estimate of drug-likeness (QED) is 0.324. The van der Waals surface area contributed by atoms with Gasteiger partial charge in [-0.2, -0.15) is 5.26 Å². The Balaban J connectivity index is 1.20. The van der Waals surface area contributed by atoms with Gasteiger partial charge in [-0.1, -0.05) is 71.4 Å². The van der Waals surface area contributed by atoms with E-state index in [1.54, 1.807) is 4.90 Å². The highest BCUT2D eigenvalue weighted by Gasteiger charge is 2.68. The highest BCUT2D eigenvalue weighted by molar-refractivity contribution is 6.47. The number of likely N-dealkylation sites (tertiary alicyclic amines) is 1. The number of piperidine rings is 1. The van der Waals surface area contributed by atoms with E-state index < -0.39 is 25.1 Å². The number of ether oxygens (including phenoxy) is 1. The predicted molar refractivity (Wildman–Crippen MR) is 175 cm³/mol. The van der Waals surface area contributed by atoms with Crippen LogP contribution in [0.2, 0.25) is 0 Å². The zero-order chi connectivity index (χ0) is 32.7. The van der Waals surface area contributed by atoms with Crippen LogP contribution >= 0.6 is 0 Å². The Kier molecular flexibility index (Phi) is 9.69. The normalized spacial score (nSPS) is 30.7. The van der Waals surface area contributed by atoms with Crippen LogP contribution in [0.4, 0.5) is 4.79 Å². The van der Waals surface area contributed by atoms with Crippen molar-refractivity contribution in [1.29, 1.82) is 5.26 Å². The van der Waals surface area contributed by atoms with Crippen LogP contribution in [0.1, 0.15) is 91.7 Å². The average molecular weight is 620 g/mol. The standard InChI is InChI=1S/C36H54BN3O5/c1-23-11-13-25(14-12-23)16-31(37-44-30-18-27-17-29(35(27,6)7)36(30,8)45-37)39-33(42)43-22-26-10-9-15-40(21-26)32(41)28(20-38)24(2)19-34(3,4)5/h11-14,24,26-31H,9-10,15-19,21-22H2,1-8H3,(H,39,42)/t24?,26-,27-,28?,29-,30+,31-,36-/m0/s1. The summed E-state index contributed by atoms with van der Waals surface area (Å²) in [5.74, 6) is -0.109. The minimum Gasteiger partial charge on any atom is -0.449 e. The maximum atomic E-state index is 13.4. The molecular weight excluding hydrogens is 565 g/mol. The van der Waals surface area contributed by atoms with Crippen molar-refractivity contribution in [3.05, 3.63) is 35.4 Å². The Morgan fingerprint density at radius 1 is 1.20 bits per heavy atom. The minimum atomic E-state index is -0.664. The lowest BCUT2D eigenvalue weighted by molar-refractivity contribution is -0.199. The molecule has 5 aliphatic rings. The third-order valence-corrected chi connectivity index (χ3v) is 11.4. The number of alkyl carbamates (subject to hydrolysis) is 1. The number of rotatable bonds is 9. The van der Waals surface area contributed by atoms with E-state index in [-0.39, 0.29) is 46.9 Å². The summed E-state index contributed by atoms with van der Waals surface area (Å²) >= 11 is 0. The van der Waals surface area contributed by atoms with E-state index in [0.29, 0.717) is 31.3 Å². The van der Waals surface area contributed by atoms with Gasteiger partial charge in [0.05, 0.1) is 30.3 Å². The SMILES string of the molecule is Cc1ccc(C[C@H](NC(=O)OC[C@H]2CCCN(C(=O)C(C#N)C(C)CC(C)(C)C)C2)B2O[C@@H]3C[C@@H]4C[C@@H](C4(C)C)[C@]3(C)O2)cc1. The number of aryl methyl sites for hydroxylation is 1. The van der Waals surface area contributed by atoms with Crippen molar-refractivity contribution in [1.82, 2.24) is 10.2 Å². The monoisotopic (exact) mass is 619 g/mol. The topological polar surface area (TPSA) is 101 Å². The summed E-state index contributed by atoms with van der Waals surface area (Å²) in [6.45, 7) is 18.7. The maximum Gasteiger partial charge on any atom is 0.482 e. The van der Waals surface area contributed by atoms with Crippen molar-refractivity contribution in [3.8, 4) is 6.07 Å². The first-order chi connectivity index (χ1) is 21.1. The molecule has 5 fully saturated rings. The first-order valence-electron chi connectivity index (χ1n) is 17.1. The maximum absolute atomic E-state index is 13.4. The largest absolute Gasteiger partial charge is 0.482 e. The molecular formula is C36H54BN3O5. The molecule has 8 atom stereocenters. The van der Waals surface area contributed by atoms with E-state index in [1.807, 2.05) is 6.92 Å². The summed E-state index contributed by atoms with van der Waals surface area (Å²) in [7, 11) is -0.565. The van der Waals surface area contributed by atoms with Crippen molar-refractivity contribution < 1.29 is 23.6 Å². The number of hydrogen-bond acceptors (Lipinski definition) is 6. The second-order valence-electron chi connectivity index (χ2n) is 16.5. The predicted octanol–water partition coefficient (Wildman–Crippen LogP) is 6.35. The van der Waals surface area contributed by atoms with Crippen LogP contribution in [0.25, 0.3) is 0 Å². The van der Waals surface area contributed by atoms with Gasteiger partial charge in [0.15, 0.2) is 0 Å². The number of carbonyl (C=O) groups is 2. The lowest BCUT2D eigenvalue weighted by Crippen LogP contribution is -2.65. The number of amides is 2. The molecule has 2 saturated heterocycles. The van der Waals surface area contributed by atoms with Gasteiger partial charge < -0.3 is 24.3 Å². The van der Waals surface area contributed by atoms with E-state index in [9.17, 15) is 14.9 Å². The Labute approximate surface area is 271 Å². The fourth-order valence-corrected chi connectivity index (χ4v) is 8.76. The van der Waals surface area contributed by atoms with Crippen LogP contribution in [0.5, 0.6) is 0 Å². The molecule has 3 aliphatic carbocycles. The van der Waals surface area contributed by atoms with Crippen molar-refractivity contribution in [2.24, 2.45) is 40.4 Å². The van der Waals surface area contributed by atoms with Crippen molar-refractivity contribution in [2.75, 3.05) is 19.7 Å². The van der Waals surface area contributed by atoms with Crippen molar-refractivity contribution >= 4 is 19.1 Å². The number of nitrogens with zero attached hydrogens (tertiary/aromatic N) is 2. The van der Waals surface area contributed by atoms with Gasteiger partial charge in [0, 0.05) is 19.0 Å². The first kappa shape index (κ1) is 33.8. The molecule has 0 aromatic heterocycles. The molecule has 3 saturated carbocycles. The van der Waals surface area contributed by atoms with Crippen LogP contribution in [0, 0.1) is 58.7 Å². The Hall–Kier alpha value is -2.57. The lowest BCUT2D eigenvalue weighted by Gasteiger charge is -2.64. The minimum absolute atomic E-state index is 0.0201.